The van der Waals surface area contributed by atoms with Gasteiger partial charge in [0.25, 0.3) is 0 Å². The minimum absolute atomic E-state index is 0.00837. The van der Waals surface area contributed by atoms with E-state index >= 15 is 0 Å². The third-order valence-electron chi connectivity index (χ3n) is 3.54. The second-order valence-corrected chi connectivity index (χ2v) is 7.02. The van der Waals surface area contributed by atoms with Crippen LogP contribution in [0.5, 0.6) is 0 Å². The van der Waals surface area contributed by atoms with Crippen LogP contribution in [0.1, 0.15) is 5.56 Å². The Labute approximate surface area is 135 Å². The van der Waals surface area contributed by atoms with Gasteiger partial charge in [-0.1, -0.05) is 41.7 Å². The van der Waals surface area contributed by atoms with Crippen LogP contribution in [0.4, 0.5) is 5.69 Å². The van der Waals surface area contributed by atoms with Gasteiger partial charge in [-0.15, -0.1) is 0 Å². The number of thiocarbonyl (C=S) groups is 1. The SMILES string of the molecule is Cc1ccc(NC(=O)CSC(=S)N2CC[NH+](C)CC2)cc1. The van der Waals surface area contributed by atoms with Crippen LogP contribution < -0.4 is 10.2 Å². The minimum Gasteiger partial charge on any atom is -0.346 e. The molecule has 1 aliphatic heterocycles. The molecule has 0 bridgehead atoms. The van der Waals surface area contributed by atoms with Gasteiger partial charge in [-0.2, -0.15) is 0 Å². The summed E-state index contributed by atoms with van der Waals surface area (Å²) in [5.74, 6) is 0.359. The fourth-order valence-corrected chi connectivity index (χ4v) is 3.17. The predicted octanol–water partition coefficient (Wildman–Crippen LogP) is 0.782. The molecule has 0 radical (unpaired) electrons. The second kappa shape index (κ2) is 7.77. The molecule has 6 heteroatoms. The number of aryl methyl sites for hydroxylation is 1. The van der Waals surface area contributed by atoms with Crippen LogP contribution in [0.25, 0.3) is 0 Å². The van der Waals surface area contributed by atoms with E-state index in [9.17, 15) is 4.79 Å². The number of quaternary nitrogens is 1. The topological polar surface area (TPSA) is 36.8 Å². The van der Waals surface area contributed by atoms with E-state index in [2.05, 4.69) is 17.3 Å². The molecule has 1 heterocycles. The monoisotopic (exact) mass is 324 g/mol. The fourth-order valence-electron chi connectivity index (χ4n) is 2.12. The summed E-state index contributed by atoms with van der Waals surface area (Å²) in [6, 6.07) is 7.80. The van der Waals surface area contributed by atoms with E-state index in [1.54, 1.807) is 0 Å². The Morgan fingerprint density at radius 3 is 2.57 bits per heavy atom. The van der Waals surface area contributed by atoms with Crippen molar-refractivity contribution in [1.82, 2.24) is 4.90 Å². The Balaban J connectivity index is 1.73. The number of carbonyl (C=O) groups excluding carboxylic acids is 1. The Hall–Kier alpha value is -1.11. The van der Waals surface area contributed by atoms with E-state index in [1.807, 2.05) is 31.2 Å². The van der Waals surface area contributed by atoms with Crippen molar-refractivity contribution in [3.8, 4) is 0 Å². The van der Waals surface area contributed by atoms with Gasteiger partial charge in [0.1, 0.15) is 4.32 Å². The molecule has 0 saturated carbocycles. The number of benzene rings is 1. The van der Waals surface area contributed by atoms with E-state index in [4.69, 9.17) is 12.2 Å². The summed E-state index contributed by atoms with van der Waals surface area (Å²) < 4.78 is 0.835. The zero-order valence-corrected chi connectivity index (χ0v) is 14.1. The average Bonchev–Trinajstić information content (AvgIpc) is 2.48. The molecule has 0 atom stereocenters. The van der Waals surface area contributed by atoms with E-state index in [0.717, 1.165) is 36.2 Å². The third kappa shape index (κ3) is 5.30. The van der Waals surface area contributed by atoms with Crippen molar-refractivity contribution in [3.63, 3.8) is 0 Å². The average molecular weight is 324 g/mol. The summed E-state index contributed by atoms with van der Waals surface area (Å²) in [4.78, 5) is 15.7. The van der Waals surface area contributed by atoms with Gasteiger partial charge < -0.3 is 15.1 Å². The molecule has 0 unspecified atom stereocenters. The maximum Gasteiger partial charge on any atom is 0.234 e. The first-order valence-electron chi connectivity index (χ1n) is 7.14. The number of likely N-dealkylation sites (N-methyl/N-ethyl adjacent to an activating group) is 1. The molecular formula is C15H22N3OS2+. The number of carbonyl (C=O) groups is 1. The van der Waals surface area contributed by atoms with Crippen molar-refractivity contribution in [2.45, 2.75) is 6.92 Å². The summed E-state index contributed by atoms with van der Waals surface area (Å²) in [5, 5.41) is 2.89. The van der Waals surface area contributed by atoms with Gasteiger partial charge in [0.2, 0.25) is 5.91 Å². The van der Waals surface area contributed by atoms with E-state index in [-0.39, 0.29) is 5.91 Å². The summed E-state index contributed by atoms with van der Waals surface area (Å²) >= 11 is 6.86. The molecule has 114 valence electrons. The normalized spacial score (nSPS) is 15.8. The summed E-state index contributed by atoms with van der Waals surface area (Å²) in [7, 11) is 2.20. The predicted molar refractivity (Wildman–Crippen MR) is 93.1 cm³/mol. The smallest absolute Gasteiger partial charge is 0.234 e. The number of hydrogen-bond acceptors (Lipinski definition) is 3. The highest BCUT2D eigenvalue weighted by atomic mass is 32.2. The molecule has 0 aliphatic carbocycles. The minimum atomic E-state index is -0.00837. The number of anilines is 1. The third-order valence-corrected chi connectivity index (χ3v) is 5.06. The van der Waals surface area contributed by atoms with Crippen molar-refractivity contribution in [2.24, 2.45) is 0 Å². The Morgan fingerprint density at radius 1 is 1.33 bits per heavy atom. The lowest BCUT2D eigenvalue weighted by Crippen LogP contribution is -3.12. The van der Waals surface area contributed by atoms with Gasteiger partial charge in [0.05, 0.1) is 39.0 Å². The van der Waals surface area contributed by atoms with Gasteiger partial charge in [0, 0.05) is 5.69 Å². The fraction of sp³-hybridized carbons (Fsp3) is 0.467. The first-order chi connectivity index (χ1) is 10.0. The van der Waals surface area contributed by atoms with Crippen LogP contribution in [0.2, 0.25) is 0 Å². The molecule has 1 aromatic carbocycles. The molecule has 1 saturated heterocycles. The van der Waals surface area contributed by atoms with Crippen molar-refractivity contribution in [3.05, 3.63) is 29.8 Å². The summed E-state index contributed by atoms with van der Waals surface area (Å²) in [6.45, 7) is 6.21. The number of nitrogens with one attached hydrogen (secondary N) is 2. The maximum absolute atomic E-state index is 11.9. The molecular weight excluding hydrogens is 302 g/mol. The van der Waals surface area contributed by atoms with Crippen LogP contribution >= 0.6 is 24.0 Å². The highest BCUT2D eigenvalue weighted by Crippen LogP contribution is 2.12. The molecule has 4 nitrogen and oxygen atoms in total. The van der Waals surface area contributed by atoms with Crippen molar-refractivity contribution in [2.75, 3.05) is 44.3 Å². The molecule has 1 aliphatic rings. The van der Waals surface area contributed by atoms with Crippen LogP contribution in [0.15, 0.2) is 24.3 Å². The number of piperazine rings is 1. The lowest BCUT2D eigenvalue weighted by atomic mass is 10.2. The van der Waals surface area contributed by atoms with Crippen molar-refractivity contribution >= 4 is 39.9 Å². The Kier molecular flexibility index (Phi) is 6.02. The van der Waals surface area contributed by atoms with Crippen molar-refractivity contribution in [1.29, 1.82) is 0 Å². The van der Waals surface area contributed by atoms with Crippen molar-refractivity contribution < 1.29 is 9.69 Å². The highest BCUT2D eigenvalue weighted by molar-refractivity contribution is 8.23. The summed E-state index contributed by atoms with van der Waals surface area (Å²) in [6.07, 6.45) is 0. The molecule has 1 amide bonds. The quantitative estimate of drug-likeness (QED) is 0.806. The van der Waals surface area contributed by atoms with Crippen LogP contribution in [-0.2, 0) is 4.79 Å². The summed E-state index contributed by atoms with van der Waals surface area (Å²) in [5.41, 5.74) is 2.01. The number of hydrogen-bond donors (Lipinski definition) is 2. The number of thioether (sulfide) groups is 1. The molecule has 21 heavy (non-hydrogen) atoms. The zero-order chi connectivity index (χ0) is 15.2. The van der Waals surface area contributed by atoms with Crippen LogP contribution in [0, 0.1) is 6.92 Å². The Morgan fingerprint density at radius 2 is 1.95 bits per heavy atom. The lowest BCUT2D eigenvalue weighted by Gasteiger charge is -2.31. The largest absolute Gasteiger partial charge is 0.346 e. The highest BCUT2D eigenvalue weighted by Gasteiger charge is 2.19. The van der Waals surface area contributed by atoms with E-state index in [1.165, 1.54) is 22.2 Å². The lowest BCUT2D eigenvalue weighted by molar-refractivity contribution is -0.883. The standard InChI is InChI=1S/C15H21N3OS2/c1-12-3-5-13(6-4-12)16-14(19)11-21-15(20)18-9-7-17(2)8-10-18/h3-6H,7-11H2,1-2H3,(H,16,19)/p+1. The van der Waals surface area contributed by atoms with Crippen LogP contribution in [0.3, 0.4) is 0 Å². The Bertz CT molecular complexity index is 496. The maximum atomic E-state index is 11.9. The molecule has 0 spiro atoms. The van der Waals surface area contributed by atoms with E-state index in [0.29, 0.717) is 5.75 Å². The van der Waals surface area contributed by atoms with Gasteiger partial charge in [-0.05, 0) is 19.1 Å². The molecule has 1 aromatic rings. The molecule has 2 N–H and O–H groups in total. The van der Waals surface area contributed by atoms with Gasteiger partial charge in [-0.25, -0.2) is 0 Å². The number of rotatable bonds is 3. The van der Waals surface area contributed by atoms with Crippen LogP contribution in [-0.4, -0.2) is 54.1 Å². The number of amides is 1. The molecule has 0 aromatic heterocycles. The zero-order valence-electron chi connectivity index (χ0n) is 12.5. The molecule has 2 rings (SSSR count). The first-order valence-corrected chi connectivity index (χ1v) is 8.53. The van der Waals surface area contributed by atoms with Gasteiger partial charge in [0.15, 0.2) is 0 Å². The first kappa shape index (κ1) is 16.3. The second-order valence-electron chi connectivity index (χ2n) is 5.41. The van der Waals surface area contributed by atoms with Gasteiger partial charge >= 0.3 is 0 Å². The number of nitrogens with zero attached hydrogens (tertiary/aromatic N) is 1. The van der Waals surface area contributed by atoms with E-state index < -0.39 is 0 Å². The molecule has 1 fully saturated rings. The van der Waals surface area contributed by atoms with Gasteiger partial charge in [-0.3, -0.25) is 4.79 Å².